The molecule has 0 aliphatic carbocycles. The number of aliphatic imine (C=N–C) groups is 1. The molecular weight excluding hydrogens is 680 g/mol. The summed E-state index contributed by atoms with van der Waals surface area (Å²) in [5.74, 6) is -4.09. The third kappa shape index (κ3) is 10.2. The summed E-state index contributed by atoms with van der Waals surface area (Å²) in [5, 5.41) is 23.9. The molecule has 1 aromatic carbocycles. The van der Waals surface area contributed by atoms with Gasteiger partial charge in [0.1, 0.15) is 30.5 Å². The van der Waals surface area contributed by atoms with Gasteiger partial charge in [0, 0.05) is 23.6 Å². The number of likely N-dealkylation sites (N-methyl/N-ethyl adjacent to an activating group) is 1. The predicted octanol–water partition coefficient (Wildman–Crippen LogP) is 4.73. The maximum atomic E-state index is 14.4. The van der Waals surface area contributed by atoms with Gasteiger partial charge in [0.25, 0.3) is 0 Å². The van der Waals surface area contributed by atoms with Crippen LogP contribution >= 0.6 is 0 Å². The molecule has 0 spiro atoms. The van der Waals surface area contributed by atoms with Crippen molar-refractivity contribution in [1.29, 1.82) is 0 Å². The predicted molar refractivity (Wildman–Crippen MR) is 201 cm³/mol. The lowest BCUT2D eigenvalue weighted by atomic mass is 9.73. The molecule has 0 amide bonds. The third-order valence-corrected chi connectivity index (χ3v) is 11.4. The summed E-state index contributed by atoms with van der Waals surface area (Å²) in [5.41, 5.74) is -0.587. The van der Waals surface area contributed by atoms with Crippen molar-refractivity contribution in [3.63, 3.8) is 0 Å². The van der Waals surface area contributed by atoms with Gasteiger partial charge in [-0.1, -0.05) is 64.6 Å². The van der Waals surface area contributed by atoms with Crippen LogP contribution in [0.1, 0.15) is 80.2 Å². The molecule has 3 aliphatic heterocycles. The lowest BCUT2D eigenvalue weighted by Crippen LogP contribution is -2.60. The Morgan fingerprint density at radius 3 is 2.36 bits per heavy atom. The number of ketones is 1. The molecule has 0 radical (unpaired) electrons. The Kier molecular flexibility index (Phi) is 15.0. The average molecular weight is 745 g/mol. The molecule has 0 saturated carbocycles. The highest BCUT2D eigenvalue weighted by Gasteiger charge is 2.52. The zero-order valence-corrected chi connectivity index (χ0v) is 33.4. The van der Waals surface area contributed by atoms with E-state index in [1.54, 1.807) is 13.8 Å². The number of carbonyl (C=O) groups excluding carboxylic acids is 2. The summed E-state index contributed by atoms with van der Waals surface area (Å²) < 4.78 is 38.3. The van der Waals surface area contributed by atoms with Crippen molar-refractivity contribution in [2.24, 2.45) is 28.7 Å². The summed E-state index contributed by atoms with van der Waals surface area (Å²) in [6, 6.07) is 9.56. The SMILES string of the molecule is C=C1COC2C(C)/C(=N\COCc3ccccc3)C(C)C[C@@](C)(OC1)C(O[C@@H]1O[C@H](C)C[C@H](N(C)C)C1O)[C@@H](C)C(=O)[C@@H](C)C(=O)O[C@@H](CC)[C@@]2(C)O. The normalized spacial score (nSPS) is 40.4. The van der Waals surface area contributed by atoms with Crippen LogP contribution in [0.2, 0.25) is 0 Å². The fraction of sp³-hybridized carbons (Fsp3) is 0.732. The van der Waals surface area contributed by atoms with Crippen molar-refractivity contribution in [3.05, 3.63) is 48.0 Å². The van der Waals surface area contributed by atoms with Gasteiger partial charge in [-0.3, -0.25) is 14.6 Å². The number of fused-ring (bicyclic) bond motifs is 5. The van der Waals surface area contributed by atoms with E-state index < -0.39 is 71.4 Å². The minimum atomic E-state index is -1.69. The number of Topliss-reactive ketones (excluding diaryl/α,β-unsaturated/α-hetero) is 1. The van der Waals surface area contributed by atoms with E-state index in [0.29, 0.717) is 30.7 Å². The second-order valence-corrected chi connectivity index (χ2v) is 16.1. The zero-order valence-electron chi connectivity index (χ0n) is 33.4. The van der Waals surface area contributed by atoms with Crippen LogP contribution in [0.25, 0.3) is 0 Å². The summed E-state index contributed by atoms with van der Waals surface area (Å²) in [4.78, 5) is 35.1. The second kappa shape index (κ2) is 18.4. The largest absolute Gasteiger partial charge is 0.459 e. The summed E-state index contributed by atoms with van der Waals surface area (Å²) in [6.07, 6.45) is -4.09. The Morgan fingerprint density at radius 2 is 1.72 bits per heavy atom. The van der Waals surface area contributed by atoms with E-state index in [4.69, 9.17) is 33.4 Å². The summed E-state index contributed by atoms with van der Waals surface area (Å²) >= 11 is 0. The first-order valence-corrected chi connectivity index (χ1v) is 19.1. The van der Waals surface area contributed by atoms with Crippen molar-refractivity contribution in [3.8, 4) is 0 Å². The Hall–Kier alpha value is -2.55. The topological polar surface area (TPSA) is 146 Å². The highest BCUT2D eigenvalue weighted by molar-refractivity contribution is 6.00. The summed E-state index contributed by atoms with van der Waals surface area (Å²) in [6.45, 7) is 19.2. The number of nitrogens with zero attached hydrogens (tertiary/aromatic N) is 2. The lowest BCUT2D eigenvalue weighted by Gasteiger charge is -2.47. The Morgan fingerprint density at radius 1 is 1.04 bits per heavy atom. The van der Waals surface area contributed by atoms with Gasteiger partial charge in [-0.25, -0.2) is 0 Å². The third-order valence-electron chi connectivity index (χ3n) is 11.4. The number of cyclic esters (lactones) is 1. The van der Waals surface area contributed by atoms with Crippen molar-refractivity contribution in [2.45, 2.75) is 135 Å². The molecule has 3 fully saturated rings. The monoisotopic (exact) mass is 744 g/mol. The van der Waals surface area contributed by atoms with Crippen LogP contribution in [0, 0.1) is 23.7 Å². The van der Waals surface area contributed by atoms with Gasteiger partial charge in [-0.2, -0.15) is 0 Å². The van der Waals surface area contributed by atoms with Gasteiger partial charge >= 0.3 is 5.97 Å². The molecule has 13 atom stereocenters. The molecule has 12 heteroatoms. The molecule has 2 N–H and O–H groups in total. The molecule has 3 heterocycles. The fourth-order valence-electron chi connectivity index (χ4n) is 8.36. The number of aliphatic hydroxyl groups excluding tert-OH is 1. The quantitative estimate of drug-likeness (QED) is 0.165. The Bertz CT molecular complexity index is 1420. The first-order valence-electron chi connectivity index (χ1n) is 19.1. The minimum absolute atomic E-state index is 0.0423. The number of aliphatic hydroxyl groups is 2. The first kappa shape index (κ1) is 43.2. The number of hydrogen-bond acceptors (Lipinski definition) is 12. The van der Waals surface area contributed by atoms with Gasteiger partial charge in [0.05, 0.1) is 43.7 Å². The molecule has 3 saturated heterocycles. The highest BCUT2D eigenvalue weighted by Crippen LogP contribution is 2.40. The van der Waals surface area contributed by atoms with Crippen molar-refractivity contribution < 1.29 is 48.2 Å². The molecular formula is C41H64N2O10. The number of rotatable bonds is 8. The number of benzene rings is 1. The Balaban J connectivity index is 1.86. The van der Waals surface area contributed by atoms with E-state index in [-0.39, 0.29) is 44.4 Å². The molecule has 0 aromatic heterocycles. The maximum absolute atomic E-state index is 14.4. The first-order chi connectivity index (χ1) is 24.9. The molecule has 4 rings (SSSR count). The number of esters is 1. The van der Waals surface area contributed by atoms with Gasteiger partial charge in [-0.15, -0.1) is 0 Å². The van der Waals surface area contributed by atoms with E-state index in [1.165, 1.54) is 6.92 Å². The van der Waals surface area contributed by atoms with Gasteiger partial charge in [0.2, 0.25) is 0 Å². The molecule has 298 valence electrons. The zero-order chi connectivity index (χ0) is 39.2. The fourth-order valence-corrected chi connectivity index (χ4v) is 8.36. The van der Waals surface area contributed by atoms with Crippen LogP contribution in [-0.2, 0) is 44.6 Å². The van der Waals surface area contributed by atoms with Crippen molar-refractivity contribution in [1.82, 2.24) is 4.90 Å². The lowest BCUT2D eigenvalue weighted by molar-refractivity contribution is -0.296. The van der Waals surface area contributed by atoms with Crippen molar-refractivity contribution >= 4 is 17.5 Å². The van der Waals surface area contributed by atoms with Crippen LogP contribution < -0.4 is 0 Å². The maximum Gasteiger partial charge on any atom is 0.316 e. The Labute approximate surface area is 316 Å². The van der Waals surface area contributed by atoms with Crippen molar-refractivity contribution in [2.75, 3.05) is 34.0 Å². The van der Waals surface area contributed by atoms with Crippen LogP contribution in [-0.4, -0.2) is 121 Å². The van der Waals surface area contributed by atoms with E-state index in [2.05, 4.69) is 6.58 Å². The van der Waals surface area contributed by atoms with E-state index >= 15 is 0 Å². The van der Waals surface area contributed by atoms with Gasteiger partial charge < -0.3 is 43.5 Å². The minimum Gasteiger partial charge on any atom is -0.459 e. The average Bonchev–Trinajstić information content (AvgIpc) is 3.12. The molecule has 5 unspecified atom stereocenters. The van der Waals surface area contributed by atoms with Crippen LogP contribution in [0.15, 0.2) is 47.5 Å². The molecule has 53 heavy (non-hydrogen) atoms. The number of ether oxygens (including phenoxy) is 6. The van der Waals surface area contributed by atoms with Crippen LogP contribution in [0.3, 0.4) is 0 Å². The second-order valence-electron chi connectivity index (χ2n) is 16.1. The van der Waals surface area contributed by atoms with Gasteiger partial charge in [0.15, 0.2) is 12.1 Å². The van der Waals surface area contributed by atoms with Crippen LogP contribution in [0.4, 0.5) is 0 Å². The smallest absolute Gasteiger partial charge is 0.316 e. The number of carbonyl (C=O) groups is 2. The molecule has 2 bridgehead atoms. The van der Waals surface area contributed by atoms with Crippen LogP contribution in [0.5, 0.6) is 0 Å². The highest BCUT2D eigenvalue weighted by atomic mass is 16.7. The molecule has 12 nitrogen and oxygen atoms in total. The van der Waals surface area contributed by atoms with E-state index in [0.717, 1.165) is 5.56 Å². The molecule has 1 aromatic rings. The molecule has 3 aliphatic rings. The summed E-state index contributed by atoms with van der Waals surface area (Å²) in [7, 11) is 3.79. The standard InChI is InChI=1S/C41H64N2O10/c1-12-32-41(9,47)37-27(5)33(42-23-48-22-30-16-14-13-15-17-30)25(3)19-40(8,50-21-24(2)20-49-37)36(28(6)34(44)29(7)38(46)52-32)53-39-35(45)31(43(10)11)18-26(4)51-39/h13-17,25-29,31-32,35-37,39,45,47H,2,12,18-23H2,1,3-11H3/b42-33-/t25?,26-,27?,28+,29-,31+,32+,35?,36?,37?,39+,40-,41-/m1/s1. The van der Waals surface area contributed by atoms with E-state index in [1.807, 2.05) is 83.9 Å². The number of hydrogen-bond donors (Lipinski definition) is 2. The van der Waals surface area contributed by atoms with Gasteiger partial charge in [-0.05, 0) is 78.1 Å². The van der Waals surface area contributed by atoms with E-state index in [9.17, 15) is 19.8 Å².